The van der Waals surface area contributed by atoms with Crippen molar-refractivity contribution >= 4 is 32.7 Å². The van der Waals surface area contributed by atoms with Crippen LogP contribution in [0, 0.1) is 27.7 Å². The van der Waals surface area contributed by atoms with Gasteiger partial charge in [-0.1, -0.05) is 0 Å². The third kappa shape index (κ3) is 1.39. The topological polar surface area (TPSA) is 26.3 Å². The lowest BCUT2D eigenvalue weighted by atomic mass is 9.99. The Morgan fingerprint density at radius 2 is 0.950 bits per heavy atom. The van der Waals surface area contributed by atoms with Crippen molar-refractivity contribution in [3.8, 4) is 0 Å². The van der Waals surface area contributed by atoms with Crippen molar-refractivity contribution in [3.05, 3.63) is 46.9 Å². The second kappa shape index (κ2) is 3.66. The molecule has 2 heterocycles. The minimum atomic E-state index is 0.948. The molecular formula is C18H16O2. The summed E-state index contributed by atoms with van der Waals surface area (Å²) in [6.07, 6.45) is 0. The van der Waals surface area contributed by atoms with Crippen LogP contribution in [-0.2, 0) is 0 Å². The lowest BCUT2D eigenvalue weighted by Gasteiger charge is -2.05. The van der Waals surface area contributed by atoms with Crippen molar-refractivity contribution < 1.29 is 8.83 Å². The van der Waals surface area contributed by atoms with Gasteiger partial charge in [-0.25, -0.2) is 0 Å². The minimum Gasteiger partial charge on any atom is -0.461 e. The molecule has 100 valence electrons. The summed E-state index contributed by atoms with van der Waals surface area (Å²) in [7, 11) is 0. The summed E-state index contributed by atoms with van der Waals surface area (Å²) in [6.45, 7) is 8.23. The number of hydrogen-bond donors (Lipinski definition) is 0. The molecule has 0 atom stereocenters. The first kappa shape index (κ1) is 11.6. The van der Waals surface area contributed by atoms with E-state index in [2.05, 4.69) is 38.1 Å². The Kier molecular flexibility index (Phi) is 2.12. The van der Waals surface area contributed by atoms with Crippen LogP contribution in [0.5, 0.6) is 0 Å². The highest BCUT2D eigenvalue weighted by molar-refractivity contribution is 6.15. The molecule has 0 amide bonds. The Morgan fingerprint density at radius 1 is 0.550 bits per heavy atom. The highest BCUT2D eigenvalue weighted by Crippen LogP contribution is 2.37. The normalized spacial score (nSPS) is 12.0. The summed E-state index contributed by atoms with van der Waals surface area (Å²) in [6, 6.07) is 8.63. The number of furan rings is 2. The van der Waals surface area contributed by atoms with Crippen molar-refractivity contribution in [3.63, 3.8) is 0 Å². The van der Waals surface area contributed by atoms with Crippen LogP contribution in [0.3, 0.4) is 0 Å². The van der Waals surface area contributed by atoms with E-state index >= 15 is 0 Å². The summed E-state index contributed by atoms with van der Waals surface area (Å²) in [4.78, 5) is 0. The third-order valence-corrected chi connectivity index (χ3v) is 4.06. The average Bonchev–Trinajstić information content (AvgIpc) is 2.95. The zero-order valence-corrected chi connectivity index (χ0v) is 12.1. The molecule has 0 fully saturated rings. The van der Waals surface area contributed by atoms with Crippen molar-refractivity contribution in [2.45, 2.75) is 27.7 Å². The third-order valence-electron chi connectivity index (χ3n) is 4.06. The first-order valence-corrected chi connectivity index (χ1v) is 6.88. The molecule has 20 heavy (non-hydrogen) atoms. The molecule has 0 bridgehead atoms. The zero-order valence-electron chi connectivity index (χ0n) is 12.1. The monoisotopic (exact) mass is 264 g/mol. The maximum Gasteiger partial charge on any atom is 0.142 e. The largest absolute Gasteiger partial charge is 0.461 e. The lowest BCUT2D eigenvalue weighted by Crippen LogP contribution is -1.82. The van der Waals surface area contributed by atoms with Crippen molar-refractivity contribution in [2.75, 3.05) is 0 Å². The Bertz CT molecular complexity index is 902. The SMILES string of the molecule is Cc1cc2c(C)cc3c(cc(C)c4cc(C)oc43)c2o1. The molecule has 0 spiro atoms. The maximum absolute atomic E-state index is 5.93. The Hall–Kier alpha value is -2.22. The van der Waals surface area contributed by atoms with Gasteiger partial charge in [-0.2, -0.15) is 0 Å². The van der Waals surface area contributed by atoms with Gasteiger partial charge >= 0.3 is 0 Å². The van der Waals surface area contributed by atoms with E-state index in [9.17, 15) is 0 Å². The molecule has 0 unspecified atom stereocenters. The van der Waals surface area contributed by atoms with E-state index in [0.29, 0.717) is 0 Å². The summed E-state index contributed by atoms with van der Waals surface area (Å²) in [5.74, 6) is 1.90. The molecule has 0 aliphatic rings. The van der Waals surface area contributed by atoms with E-state index in [4.69, 9.17) is 8.83 Å². The molecule has 2 nitrogen and oxygen atoms in total. The summed E-state index contributed by atoms with van der Waals surface area (Å²) in [5.41, 5.74) is 4.39. The fraction of sp³-hybridized carbons (Fsp3) is 0.222. The van der Waals surface area contributed by atoms with E-state index in [0.717, 1.165) is 33.5 Å². The number of aryl methyl sites for hydroxylation is 4. The van der Waals surface area contributed by atoms with Gasteiger partial charge in [0.1, 0.15) is 22.7 Å². The van der Waals surface area contributed by atoms with Gasteiger partial charge in [0.25, 0.3) is 0 Å². The van der Waals surface area contributed by atoms with E-state index in [1.165, 1.54) is 21.9 Å². The molecule has 4 aromatic rings. The van der Waals surface area contributed by atoms with Crippen LogP contribution in [0.2, 0.25) is 0 Å². The summed E-state index contributed by atoms with van der Waals surface area (Å²) >= 11 is 0. The highest BCUT2D eigenvalue weighted by Gasteiger charge is 2.15. The maximum atomic E-state index is 5.93. The predicted octanol–water partition coefficient (Wildman–Crippen LogP) is 5.57. The van der Waals surface area contributed by atoms with E-state index in [1.54, 1.807) is 0 Å². The smallest absolute Gasteiger partial charge is 0.142 e. The standard InChI is InChI=1S/C18H16O2/c1-9-5-15-16(17-13(9)7-11(3)19-17)6-10(2)14-8-12(4)20-18(14)15/h5-8H,1-4H3. The molecule has 2 aromatic carbocycles. The molecule has 0 radical (unpaired) electrons. The fourth-order valence-corrected chi connectivity index (χ4v) is 3.13. The average molecular weight is 264 g/mol. The zero-order chi connectivity index (χ0) is 14.0. The van der Waals surface area contributed by atoms with Crippen molar-refractivity contribution in [1.29, 1.82) is 0 Å². The van der Waals surface area contributed by atoms with E-state index < -0.39 is 0 Å². The second-order valence-corrected chi connectivity index (χ2v) is 5.68. The molecular weight excluding hydrogens is 248 g/mol. The second-order valence-electron chi connectivity index (χ2n) is 5.68. The van der Waals surface area contributed by atoms with Crippen LogP contribution in [0.25, 0.3) is 32.7 Å². The van der Waals surface area contributed by atoms with E-state index in [1.807, 2.05) is 13.8 Å². The van der Waals surface area contributed by atoms with Gasteiger partial charge in [0, 0.05) is 21.5 Å². The Balaban J connectivity index is 2.35. The van der Waals surface area contributed by atoms with E-state index in [-0.39, 0.29) is 0 Å². The molecule has 2 aromatic heterocycles. The van der Waals surface area contributed by atoms with Gasteiger partial charge in [0.05, 0.1) is 0 Å². The van der Waals surface area contributed by atoms with Gasteiger partial charge < -0.3 is 8.83 Å². The highest BCUT2D eigenvalue weighted by atomic mass is 16.3. The van der Waals surface area contributed by atoms with Gasteiger partial charge in [-0.05, 0) is 63.1 Å². The molecule has 2 heteroatoms. The molecule has 0 aliphatic heterocycles. The molecule has 0 N–H and O–H groups in total. The minimum absolute atomic E-state index is 0.948. The van der Waals surface area contributed by atoms with Crippen LogP contribution >= 0.6 is 0 Å². The molecule has 4 rings (SSSR count). The van der Waals surface area contributed by atoms with Crippen LogP contribution in [-0.4, -0.2) is 0 Å². The fourth-order valence-electron chi connectivity index (χ4n) is 3.13. The van der Waals surface area contributed by atoms with Crippen molar-refractivity contribution in [2.24, 2.45) is 0 Å². The first-order valence-electron chi connectivity index (χ1n) is 6.88. The van der Waals surface area contributed by atoms with Crippen LogP contribution in [0.1, 0.15) is 22.6 Å². The summed E-state index contributed by atoms with van der Waals surface area (Å²) in [5, 5.41) is 4.66. The lowest BCUT2D eigenvalue weighted by molar-refractivity contribution is 0.578. The molecule has 0 aliphatic carbocycles. The molecule has 0 saturated heterocycles. The van der Waals surface area contributed by atoms with Gasteiger partial charge in [-0.3, -0.25) is 0 Å². The Morgan fingerprint density at radius 3 is 1.35 bits per heavy atom. The quantitative estimate of drug-likeness (QED) is 0.415. The predicted molar refractivity (Wildman–Crippen MR) is 82.4 cm³/mol. The van der Waals surface area contributed by atoms with Crippen molar-refractivity contribution in [1.82, 2.24) is 0 Å². The van der Waals surface area contributed by atoms with Gasteiger partial charge in [-0.15, -0.1) is 0 Å². The number of hydrogen-bond acceptors (Lipinski definition) is 2. The van der Waals surface area contributed by atoms with Crippen LogP contribution < -0.4 is 0 Å². The Labute approximate surface area is 117 Å². The van der Waals surface area contributed by atoms with Crippen LogP contribution in [0.4, 0.5) is 0 Å². The van der Waals surface area contributed by atoms with Crippen LogP contribution in [0.15, 0.2) is 33.1 Å². The first-order chi connectivity index (χ1) is 9.54. The van der Waals surface area contributed by atoms with Gasteiger partial charge in [0.15, 0.2) is 0 Å². The summed E-state index contributed by atoms with van der Waals surface area (Å²) < 4.78 is 11.9. The van der Waals surface area contributed by atoms with Gasteiger partial charge in [0.2, 0.25) is 0 Å². The number of fused-ring (bicyclic) bond motifs is 5. The number of rotatable bonds is 0. The molecule has 0 saturated carbocycles. The number of benzene rings is 2.